The van der Waals surface area contributed by atoms with Gasteiger partial charge in [0.05, 0.1) is 0 Å². The molecule has 15 heavy (non-hydrogen) atoms. The average Bonchev–Trinajstić information content (AvgIpc) is 2.19. The predicted octanol–water partition coefficient (Wildman–Crippen LogP) is 1.91. The number of rotatable bonds is 4. The number of hydrogen-bond acceptors (Lipinski definition) is 3. The smallest absolute Gasteiger partial charge is 0.150 e. The zero-order valence-corrected chi connectivity index (χ0v) is 9.25. The number of halogens is 1. The number of methoxy groups -OCH3 is 1. The number of aryl methyl sites for hydroxylation is 2. The minimum atomic E-state index is -0.899. The summed E-state index contributed by atoms with van der Waals surface area (Å²) in [6.45, 7) is 3.82. The number of hydrogen-bond donors (Lipinski definition) is 1. The van der Waals surface area contributed by atoms with Crippen LogP contribution in [0.4, 0.5) is 4.39 Å². The summed E-state index contributed by atoms with van der Waals surface area (Å²) < 4.78 is 18.4. The van der Waals surface area contributed by atoms with Crippen LogP contribution >= 0.6 is 0 Å². The Kier molecular flexibility index (Phi) is 4.17. The minimum absolute atomic E-state index is 0.115. The van der Waals surface area contributed by atoms with Gasteiger partial charge in [0, 0.05) is 25.8 Å². The van der Waals surface area contributed by atoms with Crippen LogP contribution in [0, 0.1) is 19.7 Å². The summed E-state index contributed by atoms with van der Waals surface area (Å²) >= 11 is 0. The molecular formula is C11H16FNO2. The van der Waals surface area contributed by atoms with Crippen molar-refractivity contribution in [1.29, 1.82) is 0 Å². The maximum atomic E-state index is 13.6. The third kappa shape index (κ3) is 2.97. The highest BCUT2D eigenvalue weighted by molar-refractivity contribution is 5.23. The Hall–Kier alpha value is -1.00. The number of aliphatic hydroxyl groups is 1. The molecule has 0 bridgehead atoms. The maximum Gasteiger partial charge on any atom is 0.150 e. The molecule has 0 aliphatic rings. The Morgan fingerprint density at radius 2 is 2.20 bits per heavy atom. The molecule has 0 spiro atoms. The van der Waals surface area contributed by atoms with E-state index in [9.17, 15) is 9.50 Å². The zero-order valence-electron chi connectivity index (χ0n) is 9.25. The van der Waals surface area contributed by atoms with Crippen LogP contribution in [-0.4, -0.2) is 23.8 Å². The molecule has 0 amide bonds. The Balaban J connectivity index is 2.92. The second-order valence-corrected chi connectivity index (χ2v) is 3.58. The fourth-order valence-corrected chi connectivity index (χ4v) is 1.44. The fourth-order valence-electron chi connectivity index (χ4n) is 1.44. The van der Waals surface area contributed by atoms with Gasteiger partial charge in [0.2, 0.25) is 0 Å². The predicted molar refractivity (Wildman–Crippen MR) is 55.1 cm³/mol. The molecule has 1 heterocycles. The van der Waals surface area contributed by atoms with Gasteiger partial charge in [0.25, 0.3) is 0 Å². The Morgan fingerprint density at radius 1 is 1.53 bits per heavy atom. The first-order valence-corrected chi connectivity index (χ1v) is 4.87. The molecule has 1 aromatic heterocycles. The SMILES string of the molecule is COCCC(O)c1nc(C)cc(C)c1F. The van der Waals surface area contributed by atoms with Crippen LogP contribution in [-0.2, 0) is 4.74 Å². The summed E-state index contributed by atoms with van der Waals surface area (Å²) in [5.41, 5.74) is 1.33. The van der Waals surface area contributed by atoms with E-state index in [1.54, 1.807) is 19.9 Å². The Morgan fingerprint density at radius 3 is 2.80 bits per heavy atom. The van der Waals surface area contributed by atoms with E-state index in [2.05, 4.69) is 4.98 Å². The van der Waals surface area contributed by atoms with Crippen molar-refractivity contribution in [3.05, 3.63) is 28.8 Å². The van der Waals surface area contributed by atoms with Gasteiger partial charge >= 0.3 is 0 Å². The van der Waals surface area contributed by atoms with Crippen LogP contribution in [0.25, 0.3) is 0 Å². The highest BCUT2D eigenvalue weighted by Gasteiger charge is 2.16. The molecule has 0 aliphatic carbocycles. The van der Waals surface area contributed by atoms with Gasteiger partial charge < -0.3 is 9.84 Å². The van der Waals surface area contributed by atoms with Crippen molar-refractivity contribution >= 4 is 0 Å². The lowest BCUT2D eigenvalue weighted by molar-refractivity contribution is 0.105. The fraction of sp³-hybridized carbons (Fsp3) is 0.545. The van der Waals surface area contributed by atoms with Gasteiger partial charge in [-0.2, -0.15) is 0 Å². The first kappa shape index (κ1) is 12.1. The van der Waals surface area contributed by atoms with E-state index in [0.29, 0.717) is 24.3 Å². The molecular weight excluding hydrogens is 197 g/mol. The van der Waals surface area contributed by atoms with E-state index in [-0.39, 0.29) is 5.69 Å². The molecule has 0 saturated heterocycles. The topological polar surface area (TPSA) is 42.4 Å². The molecule has 0 radical (unpaired) electrons. The van der Waals surface area contributed by atoms with Crippen molar-refractivity contribution < 1.29 is 14.2 Å². The summed E-state index contributed by atoms with van der Waals surface area (Å²) in [7, 11) is 1.54. The van der Waals surface area contributed by atoms with Gasteiger partial charge in [-0.05, 0) is 25.5 Å². The van der Waals surface area contributed by atoms with Crippen molar-refractivity contribution in [3.8, 4) is 0 Å². The molecule has 3 nitrogen and oxygen atoms in total. The number of aromatic nitrogens is 1. The van der Waals surface area contributed by atoms with Crippen LogP contribution in [0.15, 0.2) is 6.07 Å². The molecule has 1 N–H and O–H groups in total. The summed E-state index contributed by atoms with van der Waals surface area (Å²) in [6.07, 6.45) is -0.549. The molecule has 1 rings (SSSR count). The molecule has 1 aromatic rings. The second kappa shape index (κ2) is 5.19. The summed E-state index contributed by atoms with van der Waals surface area (Å²) in [6, 6.07) is 1.65. The lowest BCUT2D eigenvalue weighted by Gasteiger charge is -2.12. The molecule has 4 heteroatoms. The molecule has 1 unspecified atom stereocenters. The first-order valence-electron chi connectivity index (χ1n) is 4.87. The monoisotopic (exact) mass is 213 g/mol. The number of nitrogens with zero attached hydrogens (tertiary/aromatic N) is 1. The molecule has 1 atom stereocenters. The molecule has 0 saturated carbocycles. The van der Waals surface area contributed by atoms with E-state index >= 15 is 0 Å². The van der Waals surface area contributed by atoms with Crippen LogP contribution in [0.1, 0.15) is 29.5 Å². The average molecular weight is 213 g/mol. The molecule has 84 valence electrons. The maximum absolute atomic E-state index is 13.6. The quantitative estimate of drug-likeness (QED) is 0.830. The van der Waals surface area contributed by atoms with Gasteiger partial charge in [-0.1, -0.05) is 0 Å². The Bertz CT molecular complexity index is 342. The van der Waals surface area contributed by atoms with E-state index < -0.39 is 11.9 Å². The van der Waals surface area contributed by atoms with Crippen molar-refractivity contribution in [3.63, 3.8) is 0 Å². The zero-order chi connectivity index (χ0) is 11.4. The lowest BCUT2D eigenvalue weighted by Crippen LogP contribution is -2.09. The number of pyridine rings is 1. The van der Waals surface area contributed by atoms with Gasteiger partial charge in [-0.15, -0.1) is 0 Å². The van der Waals surface area contributed by atoms with Crippen LogP contribution < -0.4 is 0 Å². The van der Waals surface area contributed by atoms with Crippen molar-refractivity contribution in [2.24, 2.45) is 0 Å². The normalized spacial score (nSPS) is 12.9. The highest BCUT2D eigenvalue weighted by Crippen LogP contribution is 2.20. The largest absolute Gasteiger partial charge is 0.387 e. The minimum Gasteiger partial charge on any atom is -0.387 e. The lowest BCUT2D eigenvalue weighted by atomic mass is 10.1. The van der Waals surface area contributed by atoms with Crippen molar-refractivity contribution in [1.82, 2.24) is 4.98 Å². The third-order valence-electron chi connectivity index (χ3n) is 2.20. The first-order chi connectivity index (χ1) is 7.06. The van der Waals surface area contributed by atoms with Gasteiger partial charge in [0.15, 0.2) is 0 Å². The van der Waals surface area contributed by atoms with Crippen LogP contribution in [0.3, 0.4) is 0 Å². The second-order valence-electron chi connectivity index (χ2n) is 3.58. The molecule has 0 aromatic carbocycles. The molecule has 0 fully saturated rings. The van der Waals surface area contributed by atoms with Gasteiger partial charge in [-0.25, -0.2) is 4.39 Å². The summed E-state index contributed by atoms with van der Waals surface area (Å²) in [5.74, 6) is -0.427. The van der Waals surface area contributed by atoms with Crippen LogP contribution in [0.2, 0.25) is 0 Å². The van der Waals surface area contributed by atoms with E-state index in [0.717, 1.165) is 0 Å². The molecule has 0 aliphatic heterocycles. The van der Waals surface area contributed by atoms with Crippen LogP contribution in [0.5, 0.6) is 0 Å². The van der Waals surface area contributed by atoms with E-state index in [4.69, 9.17) is 4.74 Å². The highest BCUT2D eigenvalue weighted by atomic mass is 19.1. The number of aliphatic hydroxyl groups excluding tert-OH is 1. The van der Waals surface area contributed by atoms with E-state index in [1.165, 1.54) is 7.11 Å². The van der Waals surface area contributed by atoms with E-state index in [1.807, 2.05) is 0 Å². The standard InChI is InChI=1S/C11H16FNO2/c1-7-6-8(2)13-11(10(7)12)9(14)4-5-15-3/h6,9,14H,4-5H2,1-3H3. The Labute approximate surface area is 88.9 Å². The third-order valence-corrected chi connectivity index (χ3v) is 2.20. The van der Waals surface area contributed by atoms with Gasteiger partial charge in [-0.3, -0.25) is 4.98 Å². The summed E-state index contributed by atoms with van der Waals surface area (Å²) in [4.78, 5) is 4.01. The summed E-state index contributed by atoms with van der Waals surface area (Å²) in [5, 5.41) is 9.70. The number of ether oxygens (including phenoxy) is 1. The van der Waals surface area contributed by atoms with Crippen molar-refractivity contribution in [2.45, 2.75) is 26.4 Å². The van der Waals surface area contributed by atoms with Crippen molar-refractivity contribution in [2.75, 3.05) is 13.7 Å². The van der Waals surface area contributed by atoms with Gasteiger partial charge in [0.1, 0.15) is 17.6 Å².